The van der Waals surface area contributed by atoms with Crippen molar-refractivity contribution in [3.8, 4) is 17.6 Å². The summed E-state index contributed by atoms with van der Waals surface area (Å²) >= 11 is 0. The summed E-state index contributed by atoms with van der Waals surface area (Å²) in [6, 6.07) is 15.3. The number of amides is 1. The number of nitriles is 1. The van der Waals surface area contributed by atoms with Gasteiger partial charge in [0, 0.05) is 29.9 Å². The molecular weight excluding hydrogens is 392 g/mol. The Bertz CT molecular complexity index is 1090. The van der Waals surface area contributed by atoms with E-state index in [1.54, 1.807) is 13.2 Å². The van der Waals surface area contributed by atoms with Gasteiger partial charge in [-0.25, -0.2) is 0 Å². The Hall–Kier alpha value is -3.56. The lowest BCUT2D eigenvalue weighted by Gasteiger charge is -2.22. The number of rotatable bonds is 5. The first-order valence-corrected chi connectivity index (χ1v) is 10.3. The molecule has 0 aromatic heterocycles. The van der Waals surface area contributed by atoms with Crippen molar-refractivity contribution in [2.24, 2.45) is 0 Å². The Morgan fingerprint density at radius 1 is 1.26 bits per heavy atom. The molecule has 1 fully saturated rings. The van der Waals surface area contributed by atoms with E-state index in [0.717, 1.165) is 35.3 Å². The minimum atomic E-state index is -0.410. The highest BCUT2D eigenvalue weighted by molar-refractivity contribution is 6.09. The smallest absolute Gasteiger partial charge is 0.262 e. The van der Waals surface area contributed by atoms with Gasteiger partial charge in [0.25, 0.3) is 5.91 Å². The van der Waals surface area contributed by atoms with Gasteiger partial charge in [-0.05, 0) is 62.2 Å². The number of allylic oxidation sites excluding steroid dienone is 2. The second-order valence-electron chi connectivity index (χ2n) is 7.58. The zero-order valence-corrected chi connectivity index (χ0v) is 17.6. The first-order chi connectivity index (χ1) is 15.1. The van der Waals surface area contributed by atoms with Gasteiger partial charge in [-0.15, -0.1) is 0 Å². The normalized spacial score (nSPS) is 18.9. The van der Waals surface area contributed by atoms with Gasteiger partial charge in [-0.2, -0.15) is 5.26 Å². The Morgan fingerprint density at radius 3 is 2.74 bits per heavy atom. The first kappa shape index (κ1) is 20.7. The second kappa shape index (κ2) is 9.07. The lowest BCUT2D eigenvalue weighted by atomic mass is 9.93. The number of ether oxygens (including phenoxy) is 3. The lowest BCUT2D eigenvalue weighted by Crippen LogP contribution is -2.33. The number of aryl methyl sites for hydroxylation is 1. The van der Waals surface area contributed by atoms with Crippen molar-refractivity contribution in [2.75, 3.05) is 20.3 Å². The number of carbonyl (C=O) groups is 1. The molecule has 158 valence electrons. The molecule has 2 aliphatic heterocycles. The minimum Gasteiger partial charge on any atom is -0.497 e. The topological polar surface area (TPSA) is 80.6 Å². The molecule has 0 unspecified atom stereocenters. The van der Waals surface area contributed by atoms with E-state index in [-0.39, 0.29) is 11.7 Å². The number of nitrogens with one attached hydrogen (secondary N) is 1. The van der Waals surface area contributed by atoms with Gasteiger partial charge in [0.05, 0.1) is 13.2 Å². The maximum absolute atomic E-state index is 12.9. The molecule has 31 heavy (non-hydrogen) atoms. The number of carbonyl (C=O) groups excluding carboxylic acids is 1. The van der Waals surface area contributed by atoms with E-state index < -0.39 is 5.91 Å². The minimum absolute atomic E-state index is 0.00325. The summed E-state index contributed by atoms with van der Waals surface area (Å²) in [4.78, 5) is 12.9. The monoisotopic (exact) mass is 416 g/mol. The third kappa shape index (κ3) is 4.47. The Balaban J connectivity index is 1.73. The van der Waals surface area contributed by atoms with E-state index in [1.807, 2.05) is 49.4 Å². The van der Waals surface area contributed by atoms with Gasteiger partial charge in [0.15, 0.2) is 0 Å². The van der Waals surface area contributed by atoms with Crippen molar-refractivity contribution in [3.05, 3.63) is 70.8 Å². The summed E-state index contributed by atoms with van der Waals surface area (Å²) in [6.07, 6.45) is 3.66. The molecule has 0 radical (unpaired) electrons. The van der Waals surface area contributed by atoms with Crippen molar-refractivity contribution in [1.82, 2.24) is 5.32 Å². The fourth-order valence-electron chi connectivity index (χ4n) is 3.74. The van der Waals surface area contributed by atoms with Crippen molar-refractivity contribution in [1.29, 1.82) is 5.26 Å². The molecule has 2 aromatic carbocycles. The number of fused-ring (bicyclic) bond motifs is 1. The van der Waals surface area contributed by atoms with Crippen LogP contribution in [-0.4, -0.2) is 32.3 Å². The van der Waals surface area contributed by atoms with Crippen LogP contribution in [0.25, 0.3) is 11.3 Å². The average Bonchev–Trinajstić information content (AvgIpc) is 3.32. The maximum Gasteiger partial charge on any atom is 0.262 e. The molecule has 0 bridgehead atoms. The van der Waals surface area contributed by atoms with Crippen LogP contribution >= 0.6 is 0 Å². The molecule has 1 amide bonds. The van der Waals surface area contributed by atoms with Crippen molar-refractivity contribution in [3.63, 3.8) is 0 Å². The van der Waals surface area contributed by atoms with Gasteiger partial charge in [0.1, 0.15) is 28.9 Å². The van der Waals surface area contributed by atoms with E-state index in [9.17, 15) is 10.1 Å². The van der Waals surface area contributed by atoms with Gasteiger partial charge in [0.2, 0.25) is 0 Å². The predicted molar refractivity (Wildman–Crippen MR) is 117 cm³/mol. The quantitative estimate of drug-likeness (QED) is 0.588. The molecule has 4 rings (SSSR count). The van der Waals surface area contributed by atoms with Crippen LogP contribution in [0.4, 0.5) is 0 Å². The lowest BCUT2D eigenvalue weighted by molar-refractivity contribution is -0.117. The highest BCUT2D eigenvalue weighted by Crippen LogP contribution is 2.39. The zero-order valence-electron chi connectivity index (χ0n) is 17.6. The molecular formula is C25H24N2O4. The van der Waals surface area contributed by atoms with Crippen LogP contribution in [-0.2, 0) is 9.53 Å². The SMILES string of the molecule is COc1ccc(C2=C/C(=C(\C#N)C(=O)NC[C@H]3CCCO3)c3cc(C)ccc3O2)cc1. The first-order valence-electron chi connectivity index (χ1n) is 10.3. The molecule has 2 heterocycles. The van der Waals surface area contributed by atoms with E-state index in [4.69, 9.17) is 14.2 Å². The number of nitrogens with zero attached hydrogens (tertiary/aromatic N) is 1. The fraction of sp³-hybridized carbons (Fsp3) is 0.280. The van der Waals surface area contributed by atoms with Crippen LogP contribution in [0, 0.1) is 18.3 Å². The number of methoxy groups -OCH3 is 1. The summed E-state index contributed by atoms with van der Waals surface area (Å²) in [5.74, 6) is 1.49. The highest BCUT2D eigenvalue weighted by atomic mass is 16.5. The fourth-order valence-corrected chi connectivity index (χ4v) is 3.74. The molecule has 0 spiro atoms. The molecule has 2 aromatic rings. The third-order valence-corrected chi connectivity index (χ3v) is 5.42. The summed E-state index contributed by atoms with van der Waals surface area (Å²) in [5, 5.41) is 12.7. The Labute approximate surface area is 181 Å². The molecule has 2 aliphatic rings. The molecule has 1 saturated heterocycles. The summed E-state index contributed by atoms with van der Waals surface area (Å²) in [7, 11) is 1.61. The third-order valence-electron chi connectivity index (χ3n) is 5.42. The molecule has 6 heteroatoms. The van der Waals surface area contributed by atoms with Crippen LogP contribution in [0.3, 0.4) is 0 Å². The highest BCUT2D eigenvalue weighted by Gasteiger charge is 2.25. The van der Waals surface area contributed by atoms with E-state index in [0.29, 0.717) is 30.2 Å². The van der Waals surface area contributed by atoms with E-state index >= 15 is 0 Å². The van der Waals surface area contributed by atoms with Crippen LogP contribution in [0.15, 0.2) is 54.1 Å². The van der Waals surface area contributed by atoms with Gasteiger partial charge >= 0.3 is 0 Å². The standard InChI is InChI=1S/C25H24N2O4/c1-16-5-10-23-21(12-16)20(13-24(31-23)17-6-8-18(29-2)9-7-17)22(14-26)25(28)27-15-19-4-3-11-30-19/h5-10,12-13,19H,3-4,11,15H2,1-2H3,(H,27,28)/b22-20-/t19-/m1/s1. The average molecular weight is 416 g/mol. The van der Waals surface area contributed by atoms with Crippen LogP contribution in [0.2, 0.25) is 0 Å². The van der Waals surface area contributed by atoms with Crippen LogP contribution < -0.4 is 14.8 Å². The van der Waals surface area contributed by atoms with Crippen LogP contribution in [0.1, 0.15) is 29.5 Å². The number of hydrogen-bond donors (Lipinski definition) is 1. The summed E-state index contributed by atoms with van der Waals surface area (Å²) in [5.41, 5.74) is 3.16. The Kier molecular flexibility index (Phi) is 6.06. The van der Waals surface area contributed by atoms with E-state index in [2.05, 4.69) is 11.4 Å². The second-order valence-corrected chi connectivity index (χ2v) is 7.58. The largest absolute Gasteiger partial charge is 0.497 e. The molecule has 0 aliphatic carbocycles. The molecule has 1 N–H and O–H groups in total. The molecule has 1 atom stereocenters. The van der Waals surface area contributed by atoms with Gasteiger partial charge < -0.3 is 19.5 Å². The predicted octanol–water partition coefficient (Wildman–Crippen LogP) is 4.01. The maximum atomic E-state index is 12.9. The van der Waals surface area contributed by atoms with E-state index in [1.165, 1.54) is 0 Å². The Morgan fingerprint density at radius 2 is 2.06 bits per heavy atom. The molecule has 6 nitrogen and oxygen atoms in total. The number of benzene rings is 2. The van der Waals surface area contributed by atoms with Crippen LogP contribution in [0.5, 0.6) is 11.5 Å². The van der Waals surface area contributed by atoms with Crippen molar-refractivity contribution < 1.29 is 19.0 Å². The number of hydrogen-bond acceptors (Lipinski definition) is 5. The van der Waals surface area contributed by atoms with Gasteiger partial charge in [-0.1, -0.05) is 11.6 Å². The van der Waals surface area contributed by atoms with Crippen molar-refractivity contribution in [2.45, 2.75) is 25.9 Å². The summed E-state index contributed by atoms with van der Waals surface area (Å²) in [6.45, 7) is 3.07. The van der Waals surface area contributed by atoms with Gasteiger partial charge in [-0.3, -0.25) is 4.79 Å². The van der Waals surface area contributed by atoms with Crippen molar-refractivity contribution >= 4 is 17.2 Å². The molecule has 0 saturated carbocycles. The summed E-state index contributed by atoms with van der Waals surface area (Å²) < 4.78 is 16.9. The zero-order chi connectivity index (χ0) is 21.8.